The van der Waals surface area contributed by atoms with Crippen molar-refractivity contribution in [3.63, 3.8) is 0 Å². The van der Waals surface area contributed by atoms with Crippen LogP contribution in [0.4, 0.5) is 0 Å². The lowest BCUT2D eigenvalue weighted by atomic mass is 9.69. The van der Waals surface area contributed by atoms with Gasteiger partial charge in [0.15, 0.2) is 0 Å². The van der Waals surface area contributed by atoms with E-state index in [0.717, 1.165) is 25.2 Å². The molecule has 0 radical (unpaired) electrons. The molecule has 0 amide bonds. The molecular formula is C17H33NO2. The topological polar surface area (TPSA) is 52.3 Å². The van der Waals surface area contributed by atoms with Crippen LogP contribution in [0.3, 0.4) is 0 Å². The van der Waals surface area contributed by atoms with Crippen LogP contribution in [0.2, 0.25) is 0 Å². The minimum atomic E-state index is -0.108. The molecule has 1 fully saturated rings. The van der Waals surface area contributed by atoms with Crippen LogP contribution in [0.25, 0.3) is 0 Å². The maximum Gasteiger partial charge on any atom is 0.306 e. The van der Waals surface area contributed by atoms with Gasteiger partial charge in [0, 0.05) is 6.04 Å². The normalized spacial score (nSPS) is 29.6. The highest BCUT2D eigenvalue weighted by Crippen LogP contribution is 2.46. The molecule has 1 saturated carbocycles. The predicted octanol–water partition coefficient (Wildman–Crippen LogP) is 3.90. The Balaban J connectivity index is 2.87. The largest absolute Gasteiger partial charge is 0.469 e. The maximum absolute atomic E-state index is 11.8. The van der Waals surface area contributed by atoms with E-state index in [0.29, 0.717) is 11.8 Å². The van der Waals surface area contributed by atoms with Gasteiger partial charge in [-0.1, -0.05) is 34.1 Å². The van der Waals surface area contributed by atoms with Crippen molar-refractivity contribution >= 4 is 5.97 Å². The van der Waals surface area contributed by atoms with Gasteiger partial charge < -0.3 is 10.5 Å². The number of hydrogen-bond acceptors (Lipinski definition) is 3. The van der Waals surface area contributed by atoms with E-state index >= 15 is 0 Å². The summed E-state index contributed by atoms with van der Waals surface area (Å²) >= 11 is 0. The summed E-state index contributed by atoms with van der Waals surface area (Å²) < 4.78 is 4.91. The third kappa shape index (κ3) is 4.21. The highest BCUT2D eigenvalue weighted by Gasteiger charge is 2.41. The number of esters is 1. The van der Waals surface area contributed by atoms with Gasteiger partial charge in [-0.2, -0.15) is 0 Å². The first-order valence-corrected chi connectivity index (χ1v) is 8.07. The lowest BCUT2D eigenvalue weighted by Crippen LogP contribution is -2.43. The van der Waals surface area contributed by atoms with Crippen LogP contribution in [0.5, 0.6) is 0 Å². The van der Waals surface area contributed by atoms with E-state index in [1.165, 1.54) is 26.4 Å². The van der Waals surface area contributed by atoms with Crippen molar-refractivity contribution in [2.45, 2.75) is 78.7 Å². The lowest BCUT2D eigenvalue weighted by Gasteiger charge is -2.38. The first-order valence-electron chi connectivity index (χ1n) is 8.07. The Bertz CT molecular complexity index is 321. The van der Waals surface area contributed by atoms with Crippen LogP contribution in [-0.2, 0) is 9.53 Å². The molecule has 3 nitrogen and oxygen atoms in total. The average Bonchev–Trinajstić information content (AvgIpc) is 2.60. The Hall–Kier alpha value is -0.570. The minimum Gasteiger partial charge on any atom is -0.469 e. The molecule has 0 aromatic rings. The van der Waals surface area contributed by atoms with Crippen molar-refractivity contribution < 1.29 is 9.53 Å². The van der Waals surface area contributed by atoms with E-state index in [9.17, 15) is 4.79 Å². The van der Waals surface area contributed by atoms with E-state index in [4.69, 9.17) is 10.5 Å². The van der Waals surface area contributed by atoms with Gasteiger partial charge in [-0.25, -0.2) is 0 Å². The zero-order chi connectivity index (χ0) is 15.4. The fourth-order valence-corrected chi connectivity index (χ4v) is 3.77. The van der Waals surface area contributed by atoms with Gasteiger partial charge in [0.25, 0.3) is 0 Å². The summed E-state index contributed by atoms with van der Waals surface area (Å²) in [5, 5.41) is 0. The molecule has 0 aromatic heterocycles. The fraction of sp³-hybridized carbons (Fsp3) is 0.941. The monoisotopic (exact) mass is 283 g/mol. The number of carbonyl (C=O) groups excluding carboxylic acids is 1. The van der Waals surface area contributed by atoms with E-state index < -0.39 is 0 Å². The summed E-state index contributed by atoms with van der Waals surface area (Å²) in [4.78, 5) is 11.8. The van der Waals surface area contributed by atoms with E-state index in [1.54, 1.807) is 0 Å². The van der Waals surface area contributed by atoms with Gasteiger partial charge in [-0.05, 0) is 48.9 Å². The second-order valence-electron chi connectivity index (χ2n) is 7.62. The number of hydrogen-bond donors (Lipinski definition) is 1. The molecule has 3 heteroatoms. The second-order valence-corrected chi connectivity index (χ2v) is 7.62. The maximum atomic E-state index is 11.8. The second kappa shape index (κ2) is 6.93. The highest BCUT2D eigenvalue weighted by atomic mass is 16.5. The first-order chi connectivity index (χ1) is 9.25. The van der Waals surface area contributed by atoms with Crippen molar-refractivity contribution in [2.24, 2.45) is 22.5 Å². The Morgan fingerprint density at radius 2 is 2.00 bits per heavy atom. The Labute approximate surface area is 124 Å². The van der Waals surface area contributed by atoms with Crippen LogP contribution in [-0.4, -0.2) is 19.1 Å². The molecule has 3 atom stereocenters. The van der Waals surface area contributed by atoms with Gasteiger partial charge in [0.1, 0.15) is 0 Å². The summed E-state index contributed by atoms with van der Waals surface area (Å²) in [7, 11) is 1.47. The Morgan fingerprint density at radius 1 is 1.35 bits per heavy atom. The summed E-state index contributed by atoms with van der Waals surface area (Å²) in [5.41, 5.74) is 6.69. The van der Waals surface area contributed by atoms with Crippen LogP contribution in [0.1, 0.15) is 72.6 Å². The number of carbonyl (C=O) groups is 1. The molecule has 0 aliphatic heterocycles. The van der Waals surface area contributed by atoms with Crippen molar-refractivity contribution in [1.82, 2.24) is 0 Å². The zero-order valence-electron chi connectivity index (χ0n) is 14.0. The molecule has 1 aliphatic carbocycles. The summed E-state index contributed by atoms with van der Waals surface area (Å²) in [6, 6.07) is 0.0975. The van der Waals surface area contributed by atoms with E-state index in [-0.39, 0.29) is 17.4 Å². The zero-order valence-corrected chi connectivity index (χ0v) is 14.0. The molecule has 20 heavy (non-hydrogen) atoms. The van der Waals surface area contributed by atoms with E-state index in [1.807, 2.05) is 0 Å². The molecule has 0 spiro atoms. The molecule has 3 unspecified atom stereocenters. The predicted molar refractivity (Wildman–Crippen MR) is 83.4 cm³/mol. The van der Waals surface area contributed by atoms with Gasteiger partial charge in [-0.3, -0.25) is 4.79 Å². The van der Waals surface area contributed by atoms with Crippen LogP contribution in [0, 0.1) is 16.7 Å². The third-order valence-electron chi connectivity index (χ3n) is 5.39. The molecule has 1 rings (SSSR count). The van der Waals surface area contributed by atoms with Crippen molar-refractivity contribution in [1.29, 1.82) is 0 Å². The van der Waals surface area contributed by atoms with E-state index in [2.05, 4.69) is 27.7 Å². The van der Waals surface area contributed by atoms with Crippen LogP contribution < -0.4 is 5.73 Å². The fourth-order valence-electron chi connectivity index (χ4n) is 3.77. The number of rotatable bonds is 4. The molecule has 118 valence electrons. The lowest BCUT2D eigenvalue weighted by molar-refractivity contribution is -0.144. The average molecular weight is 283 g/mol. The standard InChI is InChI=1S/C17H33NO2/c1-6-14(18)17(12-15(19)20-5)10-7-8-13(9-11-17)16(2,3)4/h13-14H,6-12,18H2,1-5H3. The SMILES string of the molecule is CCC(N)C1(CC(=O)OC)CCCC(C(C)(C)C)CC1. The minimum absolute atomic E-state index is 0.0537. The van der Waals surface area contributed by atoms with Gasteiger partial charge >= 0.3 is 5.97 Å². The molecule has 0 heterocycles. The van der Waals surface area contributed by atoms with Crippen molar-refractivity contribution in [2.75, 3.05) is 7.11 Å². The van der Waals surface area contributed by atoms with Crippen LogP contribution in [0.15, 0.2) is 0 Å². The number of methoxy groups -OCH3 is 1. The molecule has 1 aliphatic rings. The van der Waals surface area contributed by atoms with Crippen molar-refractivity contribution in [3.8, 4) is 0 Å². The Kier molecular flexibility index (Phi) is 6.06. The highest BCUT2D eigenvalue weighted by molar-refractivity contribution is 5.70. The first kappa shape index (κ1) is 17.5. The summed E-state index contributed by atoms with van der Waals surface area (Å²) in [5.74, 6) is 0.620. The van der Waals surface area contributed by atoms with Gasteiger partial charge in [0.05, 0.1) is 13.5 Å². The smallest absolute Gasteiger partial charge is 0.306 e. The van der Waals surface area contributed by atoms with Crippen molar-refractivity contribution in [3.05, 3.63) is 0 Å². The third-order valence-corrected chi connectivity index (χ3v) is 5.39. The Morgan fingerprint density at radius 3 is 2.50 bits per heavy atom. The summed E-state index contributed by atoms with van der Waals surface area (Å²) in [6.07, 6.45) is 7.12. The van der Waals surface area contributed by atoms with Gasteiger partial charge in [-0.15, -0.1) is 0 Å². The number of ether oxygens (including phenoxy) is 1. The summed E-state index contributed by atoms with van der Waals surface area (Å²) in [6.45, 7) is 9.09. The van der Waals surface area contributed by atoms with Gasteiger partial charge in [0.2, 0.25) is 0 Å². The molecule has 2 N–H and O–H groups in total. The van der Waals surface area contributed by atoms with Crippen LogP contribution >= 0.6 is 0 Å². The quantitative estimate of drug-likeness (QED) is 0.629. The molecule has 0 saturated heterocycles. The molecule has 0 bridgehead atoms. The molecule has 0 aromatic carbocycles. The molecular weight excluding hydrogens is 250 g/mol. The number of nitrogens with two attached hydrogens (primary N) is 1.